The third-order valence-electron chi connectivity index (χ3n) is 4.80. The quantitative estimate of drug-likeness (QED) is 0.621. The van der Waals surface area contributed by atoms with E-state index in [1.54, 1.807) is 17.2 Å². The highest BCUT2D eigenvalue weighted by molar-refractivity contribution is 6.06. The van der Waals surface area contributed by atoms with Gasteiger partial charge in [-0.2, -0.15) is 5.26 Å². The van der Waals surface area contributed by atoms with Crippen LogP contribution in [0, 0.1) is 11.3 Å². The number of piperidine rings is 1. The van der Waals surface area contributed by atoms with Crippen molar-refractivity contribution in [3.05, 3.63) is 42.1 Å². The maximum atomic E-state index is 14.9. The number of nitrogens with two attached hydrogens (primary N) is 1. The highest BCUT2D eigenvalue weighted by Gasteiger charge is 2.31. The Morgan fingerprint density at radius 3 is 2.89 bits per heavy atom. The van der Waals surface area contributed by atoms with Gasteiger partial charge in [-0.05, 0) is 12.5 Å². The molecule has 2 atom stereocenters. The van der Waals surface area contributed by atoms with E-state index >= 15 is 0 Å². The van der Waals surface area contributed by atoms with Crippen molar-refractivity contribution in [2.75, 3.05) is 23.3 Å². The number of primary amides is 1. The number of alkyl halides is 1. The van der Waals surface area contributed by atoms with Crippen molar-refractivity contribution < 1.29 is 9.18 Å². The number of aromatic amines is 1. The topological polar surface area (TPSA) is 137 Å². The van der Waals surface area contributed by atoms with Crippen LogP contribution < -0.4 is 16.0 Å². The highest BCUT2D eigenvalue weighted by Crippen LogP contribution is 2.29. The summed E-state index contributed by atoms with van der Waals surface area (Å²) in [6, 6.07) is 3.18. The molecule has 4 N–H and O–H groups in total. The Balaban J connectivity index is 1.54. The summed E-state index contributed by atoms with van der Waals surface area (Å²) < 4.78 is 14.9. The number of carbonyl (C=O) groups is 1. The van der Waals surface area contributed by atoms with E-state index in [9.17, 15) is 9.18 Å². The van der Waals surface area contributed by atoms with Crippen molar-refractivity contribution in [2.45, 2.75) is 18.6 Å². The van der Waals surface area contributed by atoms with E-state index in [0.29, 0.717) is 35.5 Å². The molecule has 1 amide bonds. The van der Waals surface area contributed by atoms with Gasteiger partial charge in [0, 0.05) is 24.3 Å². The molecule has 0 aliphatic carbocycles. The second kappa shape index (κ2) is 7.11. The molecule has 1 fully saturated rings. The number of anilines is 2. The molecule has 9 nitrogen and oxygen atoms in total. The number of aromatic nitrogens is 4. The summed E-state index contributed by atoms with van der Waals surface area (Å²) >= 11 is 0. The van der Waals surface area contributed by atoms with Gasteiger partial charge in [0.15, 0.2) is 5.69 Å². The van der Waals surface area contributed by atoms with Crippen LogP contribution in [-0.2, 0) is 0 Å². The monoisotopic (exact) mass is 380 g/mol. The van der Waals surface area contributed by atoms with Crippen LogP contribution in [0.4, 0.5) is 15.9 Å². The third kappa shape index (κ3) is 3.18. The molecule has 0 bridgehead atoms. The zero-order valence-electron chi connectivity index (χ0n) is 14.8. The van der Waals surface area contributed by atoms with E-state index in [1.807, 2.05) is 6.07 Å². The number of nitrogens with one attached hydrogen (secondary N) is 2. The van der Waals surface area contributed by atoms with E-state index < -0.39 is 18.1 Å². The highest BCUT2D eigenvalue weighted by atomic mass is 19.1. The van der Waals surface area contributed by atoms with Crippen molar-refractivity contribution in [2.24, 2.45) is 5.73 Å². The zero-order valence-corrected chi connectivity index (χ0v) is 14.8. The van der Waals surface area contributed by atoms with Gasteiger partial charge in [-0.15, -0.1) is 0 Å². The summed E-state index contributed by atoms with van der Waals surface area (Å²) in [6.45, 7) is 0.664. The van der Waals surface area contributed by atoms with Gasteiger partial charge < -0.3 is 20.9 Å². The normalized spacial score (nSPS) is 19.4. The molecule has 10 heteroatoms. The Morgan fingerprint density at radius 2 is 2.21 bits per heavy atom. The first kappa shape index (κ1) is 17.7. The molecular weight excluding hydrogens is 363 g/mol. The van der Waals surface area contributed by atoms with Crippen LogP contribution in [0.25, 0.3) is 11.0 Å². The number of halogens is 1. The maximum Gasteiger partial charge on any atom is 0.252 e. The average Bonchev–Trinajstić information content (AvgIpc) is 3.18. The predicted molar refractivity (Wildman–Crippen MR) is 100 cm³/mol. The molecule has 0 aromatic carbocycles. The molecule has 3 aromatic rings. The molecular formula is C18H17FN8O. The Hall–Kier alpha value is -3.74. The van der Waals surface area contributed by atoms with E-state index in [0.717, 1.165) is 0 Å². The van der Waals surface area contributed by atoms with Gasteiger partial charge in [-0.3, -0.25) is 4.79 Å². The van der Waals surface area contributed by atoms with Crippen LogP contribution in [0.15, 0.2) is 30.9 Å². The molecule has 4 rings (SSSR count). The minimum atomic E-state index is -1.21. The maximum absolute atomic E-state index is 14.9. The Labute approximate surface area is 159 Å². The molecule has 1 unspecified atom stereocenters. The molecule has 28 heavy (non-hydrogen) atoms. The number of nitrogens with zero attached hydrogens (tertiary/aromatic N) is 5. The van der Waals surface area contributed by atoms with Crippen LogP contribution in [0.3, 0.4) is 0 Å². The van der Waals surface area contributed by atoms with E-state index in [-0.39, 0.29) is 17.8 Å². The molecule has 1 aliphatic rings. The SMILES string of the molecule is N#Cc1cnc(N2CCC(Nc3c(C(N)=O)cnc4[nH]ccc34)[C@@H](F)C2)cn1. The zero-order chi connectivity index (χ0) is 19.7. The van der Waals surface area contributed by atoms with Crippen molar-refractivity contribution in [3.63, 3.8) is 0 Å². The summed E-state index contributed by atoms with van der Waals surface area (Å²) in [5, 5.41) is 12.6. The second-order valence-electron chi connectivity index (χ2n) is 6.52. The average molecular weight is 380 g/mol. The van der Waals surface area contributed by atoms with Gasteiger partial charge in [0.1, 0.15) is 23.7 Å². The summed E-state index contributed by atoms with van der Waals surface area (Å²) in [6.07, 6.45) is 5.19. The minimum Gasteiger partial charge on any atom is -0.378 e. The first-order chi connectivity index (χ1) is 13.6. The number of H-pyrrole nitrogens is 1. The summed E-state index contributed by atoms with van der Waals surface area (Å²) in [4.78, 5) is 28.9. The number of nitriles is 1. The van der Waals surface area contributed by atoms with Crippen LogP contribution in [0.5, 0.6) is 0 Å². The van der Waals surface area contributed by atoms with Crippen molar-refractivity contribution in [1.82, 2.24) is 19.9 Å². The van der Waals surface area contributed by atoms with E-state index in [1.165, 1.54) is 18.6 Å². The summed E-state index contributed by atoms with van der Waals surface area (Å²) in [7, 11) is 0. The number of pyridine rings is 1. The Kier molecular flexibility index (Phi) is 4.49. The van der Waals surface area contributed by atoms with Gasteiger partial charge in [-0.1, -0.05) is 0 Å². The Morgan fingerprint density at radius 1 is 1.36 bits per heavy atom. The van der Waals surface area contributed by atoms with Gasteiger partial charge >= 0.3 is 0 Å². The lowest BCUT2D eigenvalue weighted by Gasteiger charge is -2.36. The fraction of sp³-hybridized carbons (Fsp3) is 0.278. The molecule has 4 heterocycles. The smallest absolute Gasteiger partial charge is 0.252 e. The molecule has 1 aliphatic heterocycles. The van der Waals surface area contributed by atoms with Gasteiger partial charge in [0.2, 0.25) is 0 Å². The Bertz CT molecular complexity index is 1060. The lowest BCUT2D eigenvalue weighted by Crippen LogP contribution is -2.48. The first-order valence-electron chi connectivity index (χ1n) is 8.70. The van der Waals surface area contributed by atoms with Gasteiger partial charge in [0.25, 0.3) is 5.91 Å². The van der Waals surface area contributed by atoms with Crippen LogP contribution in [-0.4, -0.2) is 51.1 Å². The second-order valence-corrected chi connectivity index (χ2v) is 6.52. The predicted octanol–water partition coefficient (Wildman–Crippen LogP) is 1.35. The van der Waals surface area contributed by atoms with Gasteiger partial charge in [0.05, 0.1) is 36.2 Å². The van der Waals surface area contributed by atoms with Crippen LogP contribution in [0.1, 0.15) is 22.5 Å². The molecule has 3 aromatic heterocycles. The minimum absolute atomic E-state index is 0.117. The molecule has 0 saturated carbocycles. The van der Waals surface area contributed by atoms with E-state index in [2.05, 4.69) is 25.3 Å². The van der Waals surface area contributed by atoms with Crippen molar-refractivity contribution in [3.8, 4) is 6.07 Å². The van der Waals surface area contributed by atoms with Crippen LogP contribution >= 0.6 is 0 Å². The molecule has 0 spiro atoms. The van der Waals surface area contributed by atoms with E-state index in [4.69, 9.17) is 11.0 Å². The third-order valence-corrected chi connectivity index (χ3v) is 4.80. The number of hydrogen-bond acceptors (Lipinski definition) is 7. The number of amides is 1. The van der Waals surface area contributed by atoms with Crippen molar-refractivity contribution >= 4 is 28.4 Å². The summed E-state index contributed by atoms with van der Waals surface area (Å²) in [5.41, 5.74) is 6.98. The van der Waals surface area contributed by atoms with Crippen molar-refractivity contribution in [1.29, 1.82) is 5.26 Å². The number of carbonyl (C=O) groups excluding carboxylic acids is 1. The largest absolute Gasteiger partial charge is 0.378 e. The lowest BCUT2D eigenvalue weighted by molar-refractivity contribution is 0.100. The lowest BCUT2D eigenvalue weighted by atomic mass is 10.0. The molecule has 142 valence electrons. The fourth-order valence-corrected chi connectivity index (χ4v) is 3.35. The number of fused-ring (bicyclic) bond motifs is 1. The standard InChI is InChI=1S/C18H17FN8O/c19-13-9-27(15-8-23-10(5-20)6-24-15)4-2-14(13)26-16-11-1-3-22-18(11)25-7-12(16)17(21)28/h1,3,6-8,13-14H,2,4,9H2,(H2,21,28)(H2,22,25,26)/t13-,14?/m0/s1. The molecule has 0 radical (unpaired) electrons. The summed E-state index contributed by atoms with van der Waals surface area (Å²) in [5.74, 6) is -0.103. The first-order valence-corrected chi connectivity index (χ1v) is 8.70. The fourth-order valence-electron chi connectivity index (χ4n) is 3.35. The molecule has 1 saturated heterocycles. The number of rotatable bonds is 4. The number of hydrogen-bond donors (Lipinski definition) is 3. The van der Waals surface area contributed by atoms with Crippen LogP contribution in [0.2, 0.25) is 0 Å². The van der Waals surface area contributed by atoms with Gasteiger partial charge in [-0.25, -0.2) is 19.3 Å².